The molecule has 0 spiro atoms. The van der Waals surface area contributed by atoms with Crippen LogP contribution >= 0.6 is 0 Å². The lowest BCUT2D eigenvalue weighted by atomic mass is 10.1. The van der Waals surface area contributed by atoms with Gasteiger partial charge in [0.25, 0.3) is 0 Å². The number of piperazine rings is 1. The maximum atomic E-state index is 5.07. The van der Waals surface area contributed by atoms with Crippen molar-refractivity contribution in [1.29, 1.82) is 0 Å². The molecular formula is C29H36N5+. The molecule has 0 amide bonds. The fraction of sp³-hybridized carbons (Fsp3) is 0.379. The number of fused-ring (bicyclic) bond motifs is 1. The van der Waals surface area contributed by atoms with Gasteiger partial charge in [0, 0.05) is 22.9 Å². The number of aryl methyl sites for hydroxylation is 4. The molecule has 0 aliphatic carbocycles. The highest BCUT2D eigenvalue weighted by molar-refractivity contribution is 5.81. The first-order chi connectivity index (χ1) is 16.5. The molecular weight excluding hydrogens is 418 g/mol. The van der Waals surface area contributed by atoms with Crippen molar-refractivity contribution in [3.63, 3.8) is 0 Å². The number of hydrogen-bond donors (Lipinski definition) is 1. The number of hydrogen-bond acceptors (Lipinski definition) is 3. The lowest BCUT2D eigenvalue weighted by Gasteiger charge is -2.34. The second-order valence-electron chi connectivity index (χ2n) is 9.76. The monoisotopic (exact) mass is 454 g/mol. The molecule has 176 valence electrons. The van der Waals surface area contributed by atoms with E-state index in [1.807, 2.05) is 0 Å². The Hall–Kier alpha value is -3.18. The van der Waals surface area contributed by atoms with Crippen LogP contribution in [0.25, 0.3) is 16.8 Å². The molecule has 2 aromatic heterocycles. The Morgan fingerprint density at radius 3 is 2.41 bits per heavy atom. The van der Waals surface area contributed by atoms with E-state index >= 15 is 0 Å². The predicted octanol–water partition coefficient (Wildman–Crippen LogP) is 4.18. The summed E-state index contributed by atoms with van der Waals surface area (Å²) >= 11 is 0. The van der Waals surface area contributed by atoms with E-state index in [0.717, 1.165) is 68.2 Å². The number of rotatable bonds is 6. The van der Waals surface area contributed by atoms with Gasteiger partial charge in [0.05, 0.1) is 31.9 Å². The molecule has 1 N–H and O–H groups in total. The average molecular weight is 455 g/mol. The van der Waals surface area contributed by atoms with Gasteiger partial charge in [-0.1, -0.05) is 67.4 Å². The maximum Gasteiger partial charge on any atom is 0.165 e. The van der Waals surface area contributed by atoms with Crippen molar-refractivity contribution in [3.8, 4) is 11.1 Å². The standard InChI is InChI=1S/C29H35N5/c1-5-9-26-19-27(34-29(30-26)28(23(4)31-34)24-10-7-6-8-11-24)33-16-14-32(15-17-33)20-25-13-12-21(2)18-22(25)3/h6-8,10-13,18-19H,5,9,14-17,20H2,1-4H3/p+1. The second kappa shape index (κ2) is 9.59. The van der Waals surface area contributed by atoms with Gasteiger partial charge >= 0.3 is 0 Å². The van der Waals surface area contributed by atoms with Gasteiger partial charge in [-0.2, -0.15) is 9.61 Å². The highest BCUT2D eigenvalue weighted by atomic mass is 15.4. The zero-order chi connectivity index (χ0) is 23.7. The van der Waals surface area contributed by atoms with Crippen molar-refractivity contribution in [1.82, 2.24) is 14.6 Å². The molecule has 0 unspecified atom stereocenters. The third-order valence-electron chi connectivity index (χ3n) is 7.10. The molecule has 3 heterocycles. The van der Waals surface area contributed by atoms with Crippen molar-refractivity contribution >= 4 is 11.5 Å². The van der Waals surface area contributed by atoms with Crippen molar-refractivity contribution < 1.29 is 4.90 Å². The summed E-state index contributed by atoms with van der Waals surface area (Å²) in [4.78, 5) is 9.24. The van der Waals surface area contributed by atoms with Gasteiger partial charge in [0.2, 0.25) is 0 Å². The second-order valence-corrected chi connectivity index (χ2v) is 9.76. The molecule has 5 nitrogen and oxygen atoms in total. The fourth-order valence-electron chi connectivity index (χ4n) is 5.25. The van der Waals surface area contributed by atoms with E-state index in [1.54, 1.807) is 4.90 Å². The molecule has 0 radical (unpaired) electrons. The van der Waals surface area contributed by atoms with Crippen molar-refractivity contribution in [3.05, 3.63) is 82.7 Å². The van der Waals surface area contributed by atoms with Crippen molar-refractivity contribution in [2.75, 3.05) is 31.1 Å². The zero-order valence-corrected chi connectivity index (χ0v) is 20.9. The van der Waals surface area contributed by atoms with Crippen LogP contribution < -0.4 is 9.80 Å². The molecule has 1 saturated heterocycles. The van der Waals surface area contributed by atoms with Gasteiger partial charge in [-0.3, -0.25) is 0 Å². The number of benzene rings is 2. The summed E-state index contributed by atoms with van der Waals surface area (Å²) in [5.41, 5.74) is 9.74. The summed E-state index contributed by atoms with van der Waals surface area (Å²) in [5.74, 6) is 1.18. The lowest BCUT2D eigenvalue weighted by molar-refractivity contribution is -0.914. The highest BCUT2D eigenvalue weighted by Gasteiger charge is 2.25. The first kappa shape index (κ1) is 22.6. The van der Waals surface area contributed by atoms with E-state index in [2.05, 4.69) is 91.7 Å². The summed E-state index contributed by atoms with van der Waals surface area (Å²) in [7, 11) is 0. The topological polar surface area (TPSA) is 37.9 Å². The molecule has 1 aliphatic rings. The minimum absolute atomic E-state index is 0.981. The van der Waals surface area contributed by atoms with Crippen LogP contribution in [0.4, 0.5) is 5.82 Å². The van der Waals surface area contributed by atoms with Crippen LogP contribution in [0.1, 0.15) is 41.4 Å². The van der Waals surface area contributed by atoms with Gasteiger partial charge in [0.15, 0.2) is 5.65 Å². The van der Waals surface area contributed by atoms with E-state index < -0.39 is 0 Å². The van der Waals surface area contributed by atoms with E-state index in [9.17, 15) is 0 Å². The average Bonchev–Trinajstić information content (AvgIpc) is 3.17. The third kappa shape index (κ3) is 4.45. The molecule has 0 saturated carbocycles. The Morgan fingerprint density at radius 2 is 1.71 bits per heavy atom. The van der Waals surface area contributed by atoms with E-state index in [0.29, 0.717) is 0 Å². The SMILES string of the molecule is CCCc1cc(N2CC[NH+](Cc3ccc(C)cc3C)CC2)n2nc(C)c(-c3ccccc3)c2n1. The molecule has 34 heavy (non-hydrogen) atoms. The number of anilines is 1. The van der Waals surface area contributed by atoms with Gasteiger partial charge < -0.3 is 9.80 Å². The van der Waals surface area contributed by atoms with Gasteiger partial charge in [0.1, 0.15) is 12.4 Å². The Labute approximate surface area is 203 Å². The van der Waals surface area contributed by atoms with Gasteiger partial charge in [-0.25, -0.2) is 4.98 Å². The summed E-state index contributed by atoms with van der Waals surface area (Å²) in [6.45, 7) is 14.2. The molecule has 2 aromatic carbocycles. The Morgan fingerprint density at radius 1 is 0.941 bits per heavy atom. The molecule has 5 heteroatoms. The summed E-state index contributed by atoms with van der Waals surface area (Å²) < 4.78 is 2.09. The van der Waals surface area contributed by atoms with Crippen LogP contribution in [0.2, 0.25) is 0 Å². The molecule has 0 bridgehead atoms. The number of quaternary nitrogens is 1. The minimum atomic E-state index is 0.981. The normalized spacial score (nSPS) is 14.8. The van der Waals surface area contributed by atoms with E-state index in [1.165, 1.54) is 28.1 Å². The number of aromatic nitrogens is 3. The van der Waals surface area contributed by atoms with E-state index in [-0.39, 0.29) is 0 Å². The fourth-order valence-corrected chi connectivity index (χ4v) is 5.25. The Bertz CT molecular complexity index is 1280. The zero-order valence-electron chi connectivity index (χ0n) is 20.9. The summed E-state index contributed by atoms with van der Waals surface area (Å²) in [6, 6.07) is 19.7. The van der Waals surface area contributed by atoms with E-state index in [4.69, 9.17) is 10.1 Å². The molecule has 4 aromatic rings. The highest BCUT2D eigenvalue weighted by Crippen LogP contribution is 2.30. The van der Waals surface area contributed by atoms with Crippen LogP contribution in [0.5, 0.6) is 0 Å². The van der Waals surface area contributed by atoms with Crippen LogP contribution in [-0.4, -0.2) is 40.8 Å². The summed E-state index contributed by atoms with van der Waals surface area (Å²) in [6.07, 6.45) is 2.07. The van der Waals surface area contributed by atoms with Crippen molar-refractivity contribution in [2.45, 2.75) is 47.1 Å². The lowest BCUT2D eigenvalue weighted by Crippen LogP contribution is -3.13. The van der Waals surface area contributed by atoms with Crippen LogP contribution in [0.15, 0.2) is 54.6 Å². The first-order valence-corrected chi connectivity index (χ1v) is 12.6. The van der Waals surface area contributed by atoms with Crippen LogP contribution in [-0.2, 0) is 13.0 Å². The quantitative estimate of drug-likeness (QED) is 0.475. The minimum Gasteiger partial charge on any atom is -0.345 e. The molecule has 1 aliphatic heterocycles. The number of nitrogens with zero attached hydrogens (tertiary/aromatic N) is 4. The smallest absolute Gasteiger partial charge is 0.165 e. The third-order valence-corrected chi connectivity index (χ3v) is 7.10. The largest absolute Gasteiger partial charge is 0.345 e. The molecule has 1 fully saturated rings. The molecule has 0 atom stereocenters. The van der Waals surface area contributed by atoms with Crippen LogP contribution in [0, 0.1) is 20.8 Å². The predicted molar refractivity (Wildman–Crippen MR) is 140 cm³/mol. The van der Waals surface area contributed by atoms with Crippen molar-refractivity contribution in [2.24, 2.45) is 0 Å². The van der Waals surface area contributed by atoms with Gasteiger partial charge in [-0.05, 0) is 38.3 Å². The maximum absolute atomic E-state index is 5.07. The Balaban J connectivity index is 1.43. The first-order valence-electron chi connectivity index (χ1n) is 12.6. The Kier molecular flexibility index (Phi) is 6.38. The summed E-state index contributed by atoms with van der Waals surface area (Å²) in [5, 5.41) is 4.98. The number of nitrogens with one attached hydrogen (secondary N) is 1. The van der Waals surface area contributed by atoms with Crippen LogP contribution in [0.3, 0.4) is 0 Å². The molecule has 5 rings (SSSR count). The van der Waals surface area contributed by atoms with Gasteiger partial charge in [-0.15, -0.1) is 0 Å².